The predicted molar refractivity (Wildman–Crippen MR) is 87.4 cm³/mol. The van der Waals surface area contributed by atoms with Crippen molar-refractivity contribution >= 4 is 5.97 Å². The Labute approximate surface area is 133 Å². The Morgan fingerprint density at radius 3 is 2.64 bits per heavy atom. The summed E-state index contributed by atoms with van der Waals surface area (Å²) in [6.45, 7) is 10.5. The molecule has 1 atom stereocenters. The maximum Gasteiger partial charge on any atom is 0.330 e. The molecule has 1 rings (SSSR count). The third-order valence-corrected chi connectivity index (χ3v) is 3.17. The van der Waals surface area contributed by atoms with E-state index in [4.69, 9.17) is 14.2 Å². The fourth-order valence-corrected chi connectivity index (χ4v) is 1.77. The minimum atomic E-state index is -0.336. The van der Waals surface area contributed by atoms with E-state index < -0.39 is 0 Å². The Bertz CT molecular complexity index is 520. The van der Waals surface area contributed by atoms with Crippen molar-refractivity contribution in [3.05, 3.63) is 35.4 Å². The van der Waals surface area contributed by atoms with Gasteiger partial charge in [-0.2, -0.15) is 0 Å². The van der Waals surface area contributed by atoms with Crippen molar-refractivity contribution in [2.45, 2.75) is 47.1 Å². The lowest BCUT2D eigenvalue weighted by Gasteiger charge is -2.15. The number of hydrogen-bond donors (Lipinski definition) is 0. The minimum absolute atomic E-state index is 0.195. The van der Waals surface area contributed by atoms with Gasteiger partial charge in [-0.25, -0.2) is 4.79 Å². The summed E-state index contributed by atoms with van der Waals surface area (Å²) < 4.78 is 16.4. The fraction of sp³-hybridized carbons (Fsp3) is 0.500. The highest BCUT2D eigenvalue weighted by Gasteiger charge is 2.06. The Morgan fingerprint density at radius 1 is 1.32 bits per heavy atom. The van der Waals surface area contributed by atoms with Gasteiger partial charge in [0.2, 0.25) is 0 Å². The van der Waals surface area contributed by atoms with Crippen molar-refractivity contribution in [3.8, 4) is 11.5 Å². The van der Waals surface area contributed by atoms with Crippen LogP contribution in [0.1, 0.15) is 39.7 Å². The Hall–Kier alpha value is -1.97. The van der Waals surface area contributed by atoms with Crippen molar-refractivity contribution in [2.24, 2.45) is 0 Å². The molecule has 0 saturated carbocycles. The van der Waals surface area contributed by atoms with E-state index in [0.717, 1.165) is 29.1 Å². The zero-order valence-electron chi connectivity index (χ0n) is 14.1. The van der Waals surface area contributed by atoms with Gasteiger partial charge in [0.15, 0.2) is 0 Å². The molecule has 22 heavy (non-hydrogen) atoms. The Kier molecular flexibility index (Phi) is 7.50. The Morgan fingerprint density at radius 2 is 2.05 bits per heavy atom. The molecule has 1 aromatic rings. The van der Waals surface area contributed by atoms with Gasteiger partial charge in [-0.3, -0.25) is 0 Å². The molecule has 0 heterocycles. The number of ether oxygens (including phenoxy) is 3. The summed E-state index contributed by atoms with van der Waals surface area (Å²) in [5.41, 5.74) is 1.85. The van der Waals surface area contributed by atoms with Crippen LogP contribution in [0.5, 0.6) is 11.5 Å². The number of esters is 1. The van der Waals surface area contributed by atoms with Crippen LogP contribution in [-0.4, -0.2) is 25.3 Å². The molecule has 0 fully saturated rings. The monoisotopic (exact) mass is 306 g/mol. The van der Waals surface area contributed by atoms with Crippen LogP contribution in [0.25, 0.3) is 0 Å². The average Bonchev–Trinajstić information content (AvgIpc) is 2.47. The summed E-state index contributed by atoms with van der Waals surface area (Å²) >= 11 is 0. The van der Waals surface area contributed by atoms with E-state index in [9.17, 15) is 4.79 Å². The summed E-state index contributed by atoms with van der Waals surface area (Å²) in [5.74, 6) is 1.29. The van der Waals surface area contributed by atoms with Crippen molar-refractivity contribution in [3.63, 3.8) is 0 Å². The first-order chi connectivity index (χ1) is 10.5. The molecule has 4 heteroatoms. The van der Waals surface area contributed by atoms with E-state index in [-0.39, 0.29) is 12.1 Å². The van der Waals surface area contributed by atoms with Crippen LogP contribution in [0.2, 0.25) is 0 Å². The number of carbonyl (C=O) groups excluding carboxylic acids is 1. The van der Waals surface area contributed by atoms with Gasteiger partial charge in [0.1, 0.15) is 18.1 Å². The van der Waals surface area contributed by atoms with E-state index in [1.54, 1.807) is 6.92 Å². The molecule has 0 amide bonds. The molecule has 0 aliphatic heterocycles. The second-order valence-electron chi connectivity index (χ2n) is 5.30. The van der Waals surface area contributed by atoms with Gasteiger partial charge in [-0.15, -0.1) is 0 Å². The second kappa shape index (κ2) is 9.13. The summed E-state index contributed by atoms with van der Waals surface area (Å²) in [6.07, 6.45) is 2.62. The smallest absolute Gasteiger partial charge is 0.330 e. The van der Waals surface area contributed by atoms with Crippen LogP contribution in [0.15, 0.2) is 29.8 Å². The highest BCUT2D eigenvalue weighted by atomic mass is 16.5. The van der Waals surface area contributed by atoms with Crippen LogP contribution in [-0.2, 0) is 9.53 Å². The number of benzene rings is 1. The van der Waals surface area contributed by atoms with Crippen LogP contribution in [0.4, 0.5) is 0 Å². The zero-order valence-corrected chi connectivity index (χ0v) is 14.1. The largest absolute Gasteiger partial charge is 0.490 e. The quantitative estimate of drug-likeness (QED) is 0.536. The summed E-state index contributed by atoms with van der Waals surface area (Å²) in [6, 6.07) is 5.74. The summed E-state index contributed by atoms with van der Waals surface area (Å²) in [5, 5.41) is 0. The average molecular weight is 306 g/mol. The summed E-state index contributed by atoms with van der Waals surface area (Å²) in [7, 11) is 0. The van der Waals surface area contributed by atoms with E-state index >= 15 is 0 Å². The van der Waals surface area contributed by atoms with Gasteiger partial charge < -0.3 is 14.2 Å². The number of aryl methyl sites for hydroxylation is 1. The molecular formula is C18H26O4. The van der Waals surface area contributed by atoms with Crippen molar-refractivity contribution < 1.29 is 19.0 Å². The molecule has 1 unspecified atom stereocenters. The fourth-order valence-electron chi connectivity index (χ4n) is 1.77. The second-order valence-corrected chi connectivity index (χ2v) is 5.30. The molecule has 0 radical (unpaired) electrons. The van der Waals surface area contributed by atoms with Crippen molar-refractivity contribution in [2.75, 3.05) is 13.2 Å². The molecular weight excluding hydrogens is 280 g/mol. The van der Waals surface area contributed by atoms with Crippen molar-refractivity contribution in [1.82, 2.24) is 0 Å². The molecule has 0 aliphatic carbocycles. The number of hydrogen-bond acceptors (Lipinski definition) is 4. The van der Waals surface area contributed by atoms with Crippen LogP contribution in [0.3, 0.4) is 0 Å². The molecule has 122 valence electrons. The van der Waals surface area contributed by atoms with Crippen molar-refractivity contribution in [1.29, 1.82) is 0 Å². The van der Waals surface area contributed by atoms with E-state index in [2.05, 4.69) is 6.92 Å². The third kappa shape index (κ3) is 6.20. The lowest BCUT2D eigenvalue weighted by Crippen LogP contribution is -2.10. The van der Waals surface area contributed by atoms with Crippen LogP contribution < -0.4 is 9.47 Å². The Balaban J connectivity index is 2.60. The van der Waals surface area contributed by atoms with E-state index in [0.29, 0.717) is 13.2 Å². The summed E-state index contributed by atoms with van der Waals surface area (Å²) in [4.78, 5) is 11.3. The molecule has 0 aromatic heterocycles. The minimum Gasteiger partial charge on any atom is -0.490 e. The maximum atomic E-state index is 11.3. The van der Waals surface area contributed by atoms with Gasteiger partial charge in [-0.05, 0) is 63.5 Å². The topological polar surface area (TPSA) is 44.8 Å². The molecule has 0 N–H and O–H groups in total. The molecule has 0 bridgehead atoms. The van der Waals surface area contributed by atoms with Gasteiger partial charge in [0.05, 0.1) is 12.7 Å². The number of rotatable bonds is 8. The van der Waals surface area contributed by atoms with Gasteiger partial charge in [0.25, 0.3) is 0 Å². The highest BCUT2D eigenvalue weighted by molar-refractivity contribution is 5.82. The van der Waals surface area contributed by atoms with E-state index in [1.807, 2.05) is 39.0 Å². The van der Waals surface area contributed by atoms with Gasteiger partial charge >= 0.3 is 5.97 Å². The third-order valence-electron chi connectivity index (χ3n) is 3.17. The lowest BCUT2D eigenvalue weighted by molar-refractivity contribution is -0.137. The van der Waals surface area contributed by atoms with E-state index in [1.165, 1.54) is 6.08 Å². The van der Waals surface area contributed by atoms with Gasteiger partial charge in [0, 0.05) is 6.08 Å². The number of carbonyl (C=O) groups is 1. The first kappa shape index (κ1) is 18.1. The van der Waals surface area contributed by atoms with Crippen LogP contribution >= 0.6 is 0 Å². The molecule has 0 spiro atoms. The molecule has 0 saturated heterocycles. The standard InChI is InChI=1S/C18H26O4/c1-6-15(5)22-17-9-8-16(11-14(17)4)21-12-13(3)10-18(19)20-7-2/h8-11,15H,6-7,12H2,1-5H3/b13-10+. The normalized spacial score (nSPS) is 12.7. The molecule has 0 aliphatic rings. The van der Waals surface area contributed by atoms with Crippen LogP contribution in [0, 0.1) is 6.92 Å². The molecule has 1 aromatic carbocycles. The molecule has 4 nitrogen and oxygen atoms in total. The van der Waals surface area contributed by atoms with Gasteiger partial charge in [-0.1, -0.05) is 6.92 Å². The zero-order chi connectivity index (χ0) is 16.5. The maximum absolute atomic E-state index is 11.3. The lowest BCUT2D eigenvalue weighted by atomic mass is 10.2. The first-order valence-electron chi connectivity index (χ1n) is 7.70. The first-order valence-corrected chi connectivity index (χ1v) is 7.70. The highest BCUT2D eigenvalue weighted by Crippen LogP contribution is 2.25. The SMILES string of the molecule is CCOC(=O)/C=C(\C)COc1ccc(OC(C)CC)c(C)c1. The predicted octanol–water partition coefficient (Wildman–Crippen LogP) is 4.06.